The Labute approximate surface area is 154 Å². The van der Waals surface area contributed by atoms with E-state index in [0.717, 1.165) is 17.7 Å². The SMILES string of the molecule is CCc1ccc(S(=O)(=O)N2CCN(C(=O)Nc3ccccc3)CC2)cc1. The van der Waals surface area contributed by atoms with Crippen LogP contribution in [0.2, 0.25) is 0 Å². The molecule has 2 aromatic carbocycles. The molecule has 0 aliphatic carbocycles. The first-order valence-corrected chi connectivity index (χ1v) is 10.1. The molecular formula is C19H23N3O3S. The topological polar surface area (TPSA) is 69.7 Å². The minimum atomic E-state index is -3.52. The number of urea groups is 1. The van der Waals surface area contributed by atoms with Crippen molar-refractivity contribution in [3.63, 3.8) is 0 Å². The fourth-order valence-electron chi connectivity index (χ4n) is 2.90. The number of carbonyl (C=O) groups excluding carboxylic acids is 1. The highest BCUT2D eigenvalue weighted by molar-refractivity contribution is 7.89. The van der Waals surface area contributed by atoms with Gasteiger partial charge in [-0.05, 0) is 36.2 Å². The molecule has 1 heterocycles. The number of para-hydroxylation sites is 1. The number of benzene rings is 2. The van der Waals surface area contributed by atoms with Crippen molar-refractivity contribution in [2.24, 2.45) is 0 Å². The molecule has 6 nitrogen and oxygen atoms in total. The predicted molar refractivity (Wildman–Crippen MR) is 102 cm³/mol. The summed E-state index contributed by atoms with van der Waals surface area (Å²) in [7, 11) is -3.52. The zero-order valence-electron chi connectivity index (χ0n) is 14.8. The Bertz CT molecular complexity index is 843. The standard InChI is InChI=1S/C19H23N3O3S/c1-2-16-8-10-18(11-9-16)26(24,25)22-14-12-21(13-15-22)19(23)20-17-6-4-3-5-7-17/h3-11H,2,12-15H2,1H3,(H,20,23). The molecule has 1 saturated heterocycles. The lowest BCUT2D eigenvalue weighted by atomic mass is 10.2. The first kappa shape index (κ1) is 18.4. The summed E-state index contributed by atoms with van der Waals surface area (Å²) >= 11 is 0. The second-order valence-corrected chi connectivity index (χ2v) is 8.12. The van der Waals surface area contributed by atoms with Crippen LogP contribution < -0.4 is 5.32 Å². The fourth-order valence-corrected chi connectivity index (χ4v) is 4.32. The Hall–Kier alpha value is -2.38. The van der Waals surface area contributed by atoms with Crippen LogP contribution in [0, 0.1) is 0 Å². The number of sulfonamides is 1. The van der Waals surface area contributed by atoms with Gasteiger partial charge in [0.1, 0.15) is 0 Å². The molecule has 0 spiro atoms. The highest BCUT2D eigenvalue weighted by Gasteiger charge is 2.30. The number of hydrogen-bond acceptors (Lipinski definition) is 3. The fraction of sp³-hybridized carbons (Fsp3) is 0.316. The van der Waals surface area contributed by atoms with Crippen LogP contribution in [-0.2, 0) is 16.4 Å². The van der Waals surface area contributed by atoms with Gasteiger partial charge in [-0.15, -0.1) is 0 Å². The number of anilines is 1. The average Bonchev–Trinajstić information content (AvgIpc) is 2.69. The predicted octanol–water partition coefficient (Wildman–Crippen LogP) is 2.79. The largest absolute Gasteiger partial charge is 0.322 e. The third-order valence-corrected chi connectivity index (χ3v) is 6.43. The van der Waals surface area contributed by atoms with Gasteiger partial charge in [0.15, 0.2) is 0 Å². The maximum absolute atomic E-state index is 12.8. The van der Waals surface area contributed by atoms with Gasteiger partial charge < -0.3 is 10.2 Å². The monoisotopic (exact) mass is 373 g/mol. The van der Waals surface area contributed by atoms with Crippen LogP contribution in [0.5, 0.6) is 0 Å². The summed E-state index contributed by atoms with van der Waals surface area (Å²) in [5.41, 5.74) is 1.83. The van der Waals surface area contributed by atoms with Crippen LogP contribution in [-0.4, -0.2) is 49.8 Å². The van der Waals surface area contributed by atoms with Crippen LogP contribution in [0.25, 0.3) is 0 Å². The quantitative estimate of drug-likeness (QED) is 0.896. The van der Waals surface area contributed by atoms with Gasteiger partial charge in [0.25, 0.3) is 0 Å². The van der Waals surface area contributed by atoms with Gasteiger partial charge in [0.05, 0.1) is 4.90 Å². The first-order chi connectivity index (χ1) is 12.5. The van der Waals surface area contributed by atoms with E-state index in [1.807, 2.05) is 49.4 Å². The number of aryl methyl sites for hydroxylation is 1. The third-order valence-electron chi connectivity index (χ3n) is 4.52. The molecule has 0 atom stereocenters. The van der Waals surface area contributed by atoms with E-state index in [-0.39, 0.29) is 6.03 Å². The average molecular weight is 373 g/mol. The van der Waals surface area contributed by atoms with Crippen LogP contribution >= 0.6 is 0 Å². The van der Waals surface area contributed by atoms with Crippen molar-refractivity contribution in [1.29, 1.82) is 0 Å². The van der Waals surface area contributed by atoms with E-state index in [2.05, 4.69) is 5.32 Å². The van der Waals surface area contributed by atoms with Crippen molar-refractivity contribution in [3.05, 3.63) is 60.2 Å². The summed E-state index contributed by atoms with van der Waals surface area (Å²) < 4.78 is 27.0. The molecule has 1 aliphatic heterocycles. The third kappa shape index (κ3) is 4.05. The molecule has 7 heteroatoms. The minimum absolute atomic E-state index is 0.208. The molecule has 26 heavy (non-hydrogen) atoms. The molecule has 1 fully saturated rings. The molecule has 0 radical (unpaired) electrons. The van der Waals surface area contributed by atoms with Gasteiger partial charge in [0, 0.05) is 31.9 Å². The highest BCUT2D eigenvalue weighted by atomic mass is 32.2. The summed E-state index contributed by atoms with van der Waals surface area (Å²) in [5.74, 6) is 0. The zero-order valence-corrected chi connectivity index (χ0v) is 15.6. The van der Waals surface area contributed by atoms with Crippen LogP contribution in [0.15, 0.2) is 59.5 Å². The number of nitrogens with one attached hydrogen (secondary N) is 1. The number of nitrogens with zero attached hydrogens (tertiary/aromatic N) is 2. The van der Waals surface area contributed by atoms with Gasteiger partial charge in [-0.1, -0.05) is 37.3 Å². The van der Waals surface area contributed by atoms with E-state index >= 15 is 0 Å². The van der Waals surface area contributed by atoms with Crippen LogP contribution in [0.4, 0.5) is 10.5 Å². The van der Waals surface area contributed by atoms with E-state index in [1.54, 1.807) is 17.0 Å². The second-order valence-electron chi connectivity index (χ2n) is 6.18. The van der Waals surface area contributed by atoms with Crippen LogP contribution in [0.3, 0.4) is 0 Å². The molecule has 1 aliphatic rings. The summed E-state index contributed by atoms with van der Waals surface area (Å²) in [6.07, 6.45) is 0.871. The van der Waals surface area contributed by atoms with Crippen molar-refractivity contribution >= 4 is 21.7 Å². The highest BCUT2D eigenvalue weighted by Crippen LogP contribution is 2.19. The molecule has 2 amide bonds. The van der Waals surface area contributed by atoms with Gasteiger partial charge in [-0.3, -0.25) is 0 Å². The van der Waals surface area contributed by atoms with Crippen molar-refractivity contribution in [2.45, 2.75) is 18.2 Å². The lowest BCUT2D eigenvalue weighted by Crippen LogP contribution is -2.51. The Balaban J connectivity index is 1.61. The van der Waals surface area contributed by atoms with Crippen molar-refractivity contribution in [2.75, 3.05) is 31.5 Å². The summed E-state index contributed by atoms with van der Waals surface area (Å²) in [6, 6.07) is 16.0. The lowest BCUT2D eigenvalue weighted by molar-refractivity contribution is 0.184. The number of piperazine rings is 1. The van der Waals surface area contributed by atoms with E-state index < -0.39 is 10.0 Å². The number of hydrogen-bond donors (Lipinski definition) is 1. The molecule has 0 unspecified atom stereocenters. The lowest BCUT2D eigenvalue weighted by Gasteiger charge is -2.34. The van der Waals surface area contributed by atoms with E-state index in [9.17, 15) is 13.2 Å². The maximum atomic E-state index is 12.8. The summed E-state index contributed by atoms with van der Waals surface area (Å²) in [6.45, 7) is 3.35. The van der Waals surface area contributed by atoms with Gasteiger partial charge in [-0.2, -0.15) is 4.31 Å². The van der Waals surface area contributed by atoms with Crippen molar-refractivity contribution in [1.82, 2.24) is 9.21 Å². The van der Waals surface area contributed by atoms with E-state index in [1.165, 1.54) is 4.31 Å². The molecule has 0 aromatic heterocycles. The van der Waals surface area contributed by atoms with E-state index in [0.29, 0.717) is 31.1 Å². The number of amides is 2. The Morgan fingerprint density at radius 2 is 1.58 bits per heavy atom. The molecule has 2 aromatic rings. The molecular weight excluding hydrogens is 350 g/mol. The number of rotatable bonds is 4. The first-order valence-electron chi connectivity index (χ1n) is 8.71. The summed E-state index contributed by atoms with van der Waals surface area (Å²) in [5, 5.41) is 2.83. The van der Waals surface area contributed by atoms with Gasteiger partial charge >= 0.3 is 6.03 Å². The Morgan fingerprint density at radius 3 is 2.15 bits per heavy atom. The molecule has 0 bridgehead atoms. The normalized spacial score (nSPS) is 15.7. The zero-order chi connectivity index (χ0) is 18.6. The molecule has 1 N–H and O–H groups in total. The van der Waals surface area contributed by atoms with Gasteiger partial charge in [0.2, 0.25) is 10.0 Å². The number of carbonyl (C=O) groups is 1. The Kier molecular flexibility index (Phi) is 5.58. The Morgan fingerprint density at radius 1 is 0.962 bits per heavy atom. The maximum Gasteiger partial charge on any atom is 0.321 e. The smallest absolute Gasteiger partial charge is 0.321 e. The molecule has 138 valence electrons. The van der Waals surface area contributed by atoms with Crippen molar-refractivity contribution in [3.8, 4) is 0 Å². The van der Waals surface area contributed by atoms with Crippen LogP contribution in [0.1, 0.15) is 12.5 Å². The molecule has 3 rings (SSSR count). The van der Waals surface area contributed by atoms with Gasteiger partial charge in [-0.25, -0.2) is 13.2 Å². The van der Waals surface area contributed by atoms with Crippen molar-refractivity contribution < 1.29 is 13.2 Å². The second kappa shape index (κ2) is 7.88. The summed E-state index contributed by atoms with van der Waals surface area (Å²) in [4.78, 5) is 14.3. The van der Waals surface area contributed by atoms with E-state index in [4.69, 9.17) is 0 Å². The minimum Gasteiger partial charge on any atom is -0.322 e. The molecule has 0 saturated carbocycles.